The molecular weight excluding hydrogens is 644 g/mol. The number of imidazole rings is 1. The highest BCUT2D eigenvalue weighted by atomic mass is 16.5. The molecule has 0 radical (unpaired) electrons. The van der Waals surface area contributed by atoms with Gasteiger partial charge in [-0.2, -0.15) is 0 Å². The average molecular weight is 691 g/mol. The van der Waals surface area contributed by atoms with Crippen molar-refractivity contribution in [3.63, 3.8) is 0 Å². The number of methoxy groups -OCH3 is 1. The number of anilines is 3. The van der Waals surface area contributed by atoms with E-state index in [0.29, 0.717) is 6.54 Å². The number of alkyl carbamates (subject to hydrolysis) is 1. The standard InChI is InChI=1S/C36H38N8O4.C3H8/c1-47-36(46)38-22-33(45)44-15-3-2-4-32(44)35-37-21-31(42-35)25-7-5-24(6-8-25)26-9-14-30-29(20-26)34(40-23-39-30)41-27-10-12-28(13-11-27)43-16-18-48-19-17-43;1-3-2/h5-14,20-21,23,32H,2-4,15-19,22H2,1H3,(H,37,42)(H,38,46)(H,39,40,41);3H2,1-2H3. The number of carbonyl (C=O) groups is 2. The quantitative estimate of drug-likeness (QED) is 0.156. The van der Waals surface area contributed by atoms with Crippen LogP contribution >= 0.6 is 0 Å². The number of hydrogen-bond donors (Lipinski definition) is 3. The summed E-state index contributed by atoms with van der Waals surface area (Å²) in [7, 11) is 1.28. The van der Waals surface area contributed by atoms with Gasteiger partial charge in [0.2, 0.25) is 5.91 Å². The number of fused-ring (bicyclic) bond motifs is 1. The third-order valence-corrected chi connectivity index (χ3v) is 8.97. The molecule has 12 heteroatoms. The van der Waals surface area contributed by atoms with Crippen molar-refractivity contribution in [3.8, 4) is 22.4 Å². The maximum Gasteiger partial charge on any atom is 0.407 e. The maximum absolute atomic E-state index is 12.9. The zero-order valence-corrected chi connectivity index (χ0v) is 29.5. The van der Waals surface area contributed by atoms with E-state index in [-0.39, 0.29) is 18.5 Å². The van der Waals surface area contributed by atoms with Crippen LogP contribution in [0, 0.1) is 0 Å². The summed E-state index contributed by atoms with van der Waals surface area (Å²) in [4.78, 5) is 45.7. The molecule has 51 heavy (non-hydrogen) atoms. The van der Waals surface area contributed by atoms with Gasteiger partial charge < -0.3 is 34.9 Å². The fourth-order valence-corrected chi connectivity index (χ4v) is 6.38. The Labute approximate surface area is 298 Å². The zero-order valence-electron chi connectivity index (χ0n) is 29.5. The van der Waals surface area contributed by atoms with E-state index in [2.05, 4.69) is 115 Å². The topological polar surface area (TPSA) is 138 Å². The smallest absolute Gasteiger partial charge is 0.407 e. The molecule has 1 unspecified atom stereocenters. The molecule has 0 saturated carbocycles. The largest absolute Gasteiger partial charge is 0.453 e. The molecule has 2 aromatic heterocycles. The third kappa shape index (κ3) is 8.64. The van der Waals surface area contributed by atoms with E-state index in [1.165, 1.54) is 19.2 Å². The Bertz CT molecular complexity index is 1910. The fraction of sp³-hybridized carbons (Fsp3) is 0.359. The second-order valence-corrected chi connectivity index (χ2v) is 12.6. The van der Waals surface area contributed by atoms with Crippen LogP contribution in [-0.2, 0) is 14.3 Å². The Morgan fingerprint density at radius 3 is 2.37 bits per heavy atom. The van der Waals surface area contributed by atoms with Crippen LogP contribution in [0.1, 0.15) is 51.4 Å². The molecule has 0 aliphatic carbocycles. The van der Waals surface area contributed by atoms with E-state index in [9.17, 15) is 9.59 Å². The van der Waals surface area contributed by atoms with Gasteiger partial charge in [-0.25, -0.2) is 19.7 Å². The number of aromatic nitrogens is 4. The van der Waals surface area contributed by atoms with E-state index >= 15 is 0 Å². The predicted octanol–water partition coefficient (Wildman–Crippen LogP) is 7.09. The van der Waals surface area contributed by atoms with Crippen LogP contribution in [0.25, 0.3) is 33.3 Å². The molecule has 2 amide bonds. The lowest BCUT2D eigenvalue weighted by molar-refractivity contribution is -0.134. The Morgan fingerprint density at radius 1 is 0.902 bits per heavy atom. The Balaban J connectivity index is 0.00000144. The first-order chi connectivity index (χ1) is 25.0. The molecule has 2 aliphatic heterocycles. The number of nitrogens with one attached hydrogen (secondary N) is 3. The van der Waals surface area contributed by atoms with E-state index in [0.717, 1.165) is 96.2 Å². The van der Waals surface area contributed by atoms with Gasteiger partial charge in [0, 0.05) is 36.4 Å². The molecule has 0 bridgehead atoms. The molecule has 2 aliphatic rings. The first-order valence-electron chi connectivity index (χ1n) is 17.7. The fourth-order valence-electron chi connectivity index (χ4n) is 6.38. The van der Waals surface area contributed by atoms with Crippen LogP contribution in [0.5, 0.6) is 0 Å². The van der Waals surface area contributed by atoms with Gasteiger partial charge in [0.05, 0.1) is 43.8 Å². The van der Waals surface area contributed by atoms with Gasteiger partial charge in [-0.15, -0.1) is 0 Å². The summed E-state index contributed by atoms with van der Waals surface area (Å²) in [6.07, 6.45) is 6.74. The van der Waals surface area contributed by atoms with Crippen LogP contribution < -0.4 is 15.5 Å². The van der Waals surface area contributed by atoms with Crippen molar-refractivity contribution in [1.29, 1.82) is 0 Å². The lowest BCUT2D eigenvalue weighted by Crippen LogP contribution is -2.44. The van der Waals surface area contributed by atoms with Gasteiger partial charge in [0.1, 0.15) is 24.5 Å². The van der Waals surface area contributed by atoms with Crippen LogP contribution in [-0.4, -0.2) is 83.3 Å². The summed E-state index contributed by atoms with van der Waals surface area (Å²) >= 11 is 0. The molecule has 4 heterocycles. The molecule has 3 N–H and O–H groups in total. The van der Waals surface area contributed by atoms with Crippen LogP contribution in [0.2, 0.25) is 0 Å². The van der Waals surface area contributed by atoms with Crippen molar-refractivity contribution in [2.24, 2.45) is 0 Å². The minimum atomic E-state index is -0.625. The lowest BCUT2D eigenvalue weighted by atomic mass is 10.0. The van der Waals surface area contributed by atoms with E-state index in [1.54, 1.807) is 11.2 Å². The van der Waals surface area contributed by atoms with Crippen LogP contribution in [0.3, 0.4) is 0 Å². The molecular formula is C39H46N8O4. The van der Waals surface area contributed by atoms with Gasteiger partial charge in [-0.1, -0.05) is 50.6 Å². The maximum atomic E-state index is 12.9. The van der Waals surface area contributed by atoms with Crippen molar-refractivity contribution < 1.29 is 19.1 Å². The number of hydrogen-bond acceptors (Lipinski definition) is 9. The number of ether oxygens (including phenoxy) is 2. The number of carbonyl (C=O) groups excluding carboxylic acids is 2. The minimum Gasteiger partial charge on any atom is -0.453 e. The van der Waals surface area contributed by atoms with Gasteiger partial charge in [0.25, 0.3) is 0 Å². The highest BCUT2D eigenvalue weighted by Crippen LogP contribution is 2.33. The SMILES string of the molecule is CCC.COC(=O)NCC(=O)N1CCCCC1c1ncc(-c2ccc(-c3ccc4ncnc(Nc5ccc(N6CCOCC6)cc5)c4c3)cc2)[nH]1. The monoisotopic (exact) mass is 690 g/mol. The highest BCUT2D eigenvalue weighted by Gasteiger charge is 2.30. The second-order valence-electron chi connectivity index (χ2n) is 12.6. The average Bonchev–Trinajstić information content (AvgIpc) is 3.68. The summed E-state index contributed by atoms with van der Waals surface area (Å²) in [6.45, 7) is 8.06. The molecule has 2 fully saturated rings. The summed E-state index contributed by atoms with van der Waals surface area (Å²) in [6, 6.07) is 22.8. The number of morpholine rings is 1. The number of rotatable bonds is 8. The molecule has 5 aromatic rings. The zero-order chi connectivity index (χ0) is 35.6. The number of benzene rings is 3. The van der Waals surface area contributed by atoms with Crippen molar-refractivity contribution in [2.45, 2.75) is 45.6 Å². The Hall–Kier alpha value is -5.49. The van der Waals surface area contributed by atoms with Crippen molar-refractivity contribution in [1.82, 2.24) is 30.2 Å². The number of nitrogens with zero attached hydrogens (tertiary/aromatic N) is 5. The minimum absolute atomic E-state index is 0.112. The van der Waals surface area contributed by atoms with Gasteiger partial charge >= 0.3 is 6.09 Å². The summed E-state index contributed by atoms with van der Waals surface area (Å²) < 4.78 is 10.1. The summed E-state index contributed by atoms with van der Waals surface area (Å²) in [5, 5.41) is 6.91. The summed E-state index contributed by atoms with van der Waals surface area (Å²) in [5.41, 5.74) is 6.98. The van der Waals surface area contributed by atoms with Gasteiger partial charge in [-0.3, -0.25) is 4.79 Å². The summed E-state index contributed by atoms with van der Waals surface area (Å²) in [5.74, 6) is 1.33. The lowest BCUT2D eigenvalue weighted by Gasteiger charge is -2.34. The predicted molar refractivity (Wildman–Crippen MR) is 200 cm³/mol. The first kappa shape index (κ1) is 35.3. The van der Waals surface area contributed by atoms with Gasteiger partial charge in [0.15, 0.2) is 0 Å². The Kier molecular flexibility index (Phi) is 11.7. The molecule has 3 aromatic carbocycles. The molecule has 266 valence electrons. The number of aromatic amines is 1. The van der Waals surface area contributed by atoms with Gasteiger partial charge in [-0.05, 0) is 72.4 Å². The van der Waals surface area contributed by atoms with Crippen molar-refractivity contribution in [2.75, 3.05) is 56.7 Å². The normalized spacial score (nSPS) is 15.9. The number of H-pyrrole nitrogens is 1. The number of amides is 2. The molecule has 2 saturated heterocycles. The third-order valence-electron chi connectivity index (χ3n) is 8.97. The van der Waals surface area contributed by atoms with Crippen molar-refractivity contribution in [3.05, 3.63) is 85.1 Å². The number of likely N-dealkylation sites (tertiary alicyclic amines) is 1. The Morgan fingerprint density at radius 2 is 1.63 bits per heavy atom. The van der Waals surface area contributed by atoms with E-state index in [4.69, 9.17) is 4.74 Å². The highest BCUT2D eigenvalue weighted by molar-refractivity contribution is 5.94. The number of piperidine rings is 1. The van der Waals surface area contributed by atoms with E-state index < -0.39 is 6.09 Å². The van der Waals surface area contributed by atoms with Crippen LogP contribution in [0.4, 0.5) is 22.0 Å². The molecule has 1 atom stereocenters. The van der Waals surface area contributed by atoms with Crippen LogP contribution in [0.15, 0.2) is 79.3 Å². The second kappa shape index (κ2) is 16.9. The van der Waals surface area contributed by atoms with Crippen molar-refractivity contribution >= 4 is 40.1 Å². The molecule has 0 spiro atoms. The molecule has 7 rings (SSSR count). The van der Waals surface area contributed by atoms with E-state index in [1.807, 2.05) is 12.3 Å². The first-order valence-corrected chi connectivity index (χ1v) is 17.7. The molecule has 12 nitrogen and oxygen atoms in total.